The van der Waals surface area contributed by atoms with Gasteiger partial charge in [-0.05, 0) is 19.8 Å². The lowest BCUT2D eigenvalue weighted by molar-refractivity contribution is -0.148. The van der Waals surface area contributed by atoms with Crippen molar-refractivity contribution in [2.45, 2.75) is 44.9 Å². The van der Waals surface area contributed by atoms with E-state index in [1.165, 1.54) is 20.0 Å². The first kappa shape index (κ1) is 11.9. The Morgan fingerprint density at radius 2 is 1.88 bits per heavy atom. The second-order valence-electron chi connectivity index (χ2n) is 4.96. The third-order valence-corrected chi connectivity index (χ3v) is 3.94. The van der Waals surface area contributed by atoms with E-state index in [9.17, 15) is 4.79 Å². The monoisotopic (exact) mass is 227 g/mol. The summed E-state index contributed by atoms with van der Waals surface area (Å²) in [6.45, 7) is 5.96. The Kier molecular flexibility index (Phi) is 3.50. The van der Waals surface area contributed by atoms with Gasteiger partial charge in [0.05, 0.1) is 25.2 Å². The van der Waals surface area contributed by atoms with Crippen molar-refractivity contribution in [3.05, 3.63) is 0 Å². The number of carbonyl (C=O) groups is 1. The van der Waals surface area contributed by atoms with Crippen LogP contribution in [0.2, 0.25) is 0 Å². The predicted molar refractivity (Wildman–Crippen MR) is 60.1 cm³/mol. The van der Waals surface area contributed by atoms with E-state index in [0.29, 0.717) is 12.2 Å². The largest absolute Gasteiger partial charge is 0.469 e. The Balaban J connectivity index is 1.94. The second-order valence-corrected chi connectivity index (χ2v) is 4.96. The van der Waals surface area contributed by atoms with Crippen LogP contribution in [-0.2, 0) is 14.3 Å². The zero-order chi connectivity index (χ0) is 11.7. The fourth-order valence-corrected chi connectivity index (χ4v) is 2.68. The van der Waals surface area contributed by atoms with Crippen molar-refractivity contribution in [2.75, 3.05) is 20.2 Å². The van der Waals surface area contributed by atoms with Crippen molar-refractivity contribution in [1.82, 2.24) is 4.90 Å². The molecule has 4 heteroatoms. The van der Waals surface area contributed by atoms with Gasteiger partial charge >= 0.3 is 5.97 Å². The number of esters is 1. The number of carbonyl (C=O) groups excluding carboxylic acids is 1. The van der Waals surface area contributed by atoms with Gasteiger partial charge in [-0.25, -0.2) is 0 Å². The zero-order valence-corrected chi connectivity index (χ0v) is 10.3. The summed E-state index contributed by atoms with van der Waals surface area (Å²) in [5.74, 6) is -0.186. The molecular weight excluding hydrogens is 206 g/mol. The van der Waals surface area contributed by atoms with Gasteiger partial charge in [0, 0.05) is 19.1 Å². The fourth-order valence-electron chi connectivity index (χ4n) is 2.68. The number of rotatable bonds is 3. The van der Waals surface area contributed by atoms with Crippen LogP contribution in [0, 0.1) is 5.92 Å². The molecule has 0 N–H and O–H groups in total. The SMILES string of the molecule is COC(=O)C(C)C(C)N1CC2CCC(C1)O2. The molecule has 0 amide bonds. The molecule has 2 aliphatic rings. The molecule has 4 nitrogen and oxygen atoms in total. The number of fused-ring (bicyclic) bond motifs is 2. The fraction of sp³-hybridized carbons (Fsp3) is 0.917. The summed E-state index contributed by atoms with van der Waals surface area (Å²) in [6.07, 6.45) is 3.10. The van der Waals surface area contributed by atoms with Gasteiger partial charge in [-0.1, -0.05) is 6.92 Å². The molecule has 0 aromatic rings. The third-order valence-electron chi connectivity index (χ3n) is 3.94. The first-order valence-electron chi connectivity index (χ1n) is 6.09. The molecule has 2 fully saturated rings. The average Bonchev–Trinajstić information content (AvgIpc) is 2.65. The summed E-state index contributed by atoms with van der Waals surface area (Å²) in [7, 11) is 1.45. The molecular formula is C12H21NO3. The van der Waals surface area contributed by atoms with Crippen molar-refractivity contribution in [2.24, 2.45) is 5.92 Å². The van der Waals surface area contributed by atoms with Crippen LogP contribution in [-0.4, -0.2) is 49.3 Å². The van der Waals surface area contributed by atoms with Crippen molar-refractivity contribution in [3.8, 4) is 0 Å². The van der Waals surface area contributed by atoms with Gasteiger partial charge in [0.2, 0.25) is 0 Å². The average molecular weight is 227 g/mol. The molecule has 0 saturated carbocycles. The molecule has 2 rings (SSSR count). The highest BCUT2D eigenvalue weighted by atomic mass is 16.5. The molecule has 2 aliphatic heterocycles. The smallest absolute Gasteiger partial charge is 0.309 e. The van der Waals surface area contributed by atoms with Crippen LogP contribution in [0.5, 0.6) is 0 Å². The van der Waals surface area contributed by atoms with Crippen LogP contribution in [0.15, 0.2) is 0 Å². The summed E-state index contributed by atoms with van der Waals surface area (Å²) < 4.78 is 10.6. The lowest BCUT2D eigenvalue weighted by Crippen LogP contribution is -2.50. The minimum atomic E-state index is -0.119. The van der Waals surface area contributed by atoms with E-state index in [2.05, 4.69) is 11.8 Å². The highest BCUT2D eigenvalue weighted by Crippen LogP contribution is 2.28. The van der Waals surface area contributed by atoms with Gasteiger partial charge in [0.25, 0.3) is 0 Å². The third kappa shape index (κ3) is 2.23. The molecule has 0 aliphatic carbocycles. The minimum Gasteiger partial charge on any atom is -0.469 e. The number of methoxy groups -OCH3 is 1. The number of likely N-dealkylation sites (tertiary alicyclic amines) is 1. The van der Waals surface area contributed by atoms with E-state index in [1.807, 2.05) is 6.92 Å². The number of hydrogen-bond acceptors (Lipinski definition) is 4. The lowest BCUT2D eigenvalue weighted by atomic mass is 10.0. The molecule has 2 bridgehead atoms. The van der Waals surface area contributed by atoms with E-state index in [0.717, 1.165) is 13.1 Å². The first-order chi connectivity index (χ1) is 7.61. The molecule has 0 radical (unpaired) electrons. The van der Waals surface area contributed by atoms with Crippen molar-refractivity contribution in [3.63, 3.8) is 0 Å². The summed E-state index contributed by atoms with van der Waals surface area (Å²) in [5, 5.41) is 0. The Hall–Kier alpha value is -0.610. The molecule has 0 aromatic carbocycles. The summed E-state index contributed by atoms with van der Waals surface area (Å²) in [5.41, 5.74) is 0. The van der Waals surface area contributed by atoms with Gasteiger partial charge in [0.15, 0.2) is 0 Å². The maximum atomic E-state index is 11.5. The van der Waals surface area contributed by atoms with Crippen molar-refractivity contribution >= 4 is 5.97 Å². The molecule has 92 valence electrons. The van der Waals surface area contributed by atoms with Crippen LogP contribution in [0.4, 0.5) is 0 Å². The van der Waals surface area contributed by atoms with E-state index >= 15 is 0 Å². The summed E-state index contributed by atoms with van der Waals surface area (Å²) >= 11 is 0. The standard InChI is InChI=1S/C12H21NO3/c1-8(12(14)15-3)9(2)13-6-10-4-5-11(7-13)16-10/h8-11H,4-7H2,1-3H3. The van der Waals surface area contributed by atoms with Gasteiger partial charge in [-0.2, -0.15) is 0 Å². The molecule has 4 unspecified atom stereocenters. The molecule has 2 saturated heterocycles. The zero-order valence-electron chi connectivity index (χ0n) is 10.3. The lowest BCUT2D eigenvalue weighted by Gasteiger charge is -2.38. The highest BCUT2D eigenvalue weighted by Gasteiger charge is 2.37. The quantitative estimate of drug-likeness (QED) is 0.675. The van der Waals surface area contributed by atoms with Gasteiger partial charge < -0.3 is 9.47 Å². The molecule has 2 heterocycles. The summed E-state index contributed by atoms with van der Waals surface area (Å²) in [4.78, 5) is 13.9. The van der Waals surface area contributed by atoms with Crippen LogP contribution in [0.3, 0.4) is 0 Å². The van der Waals surface area contributed by atoms with E-state index in [4.69, 9.17) is 9.47 Å². The van der Waals surface area contributed by atoms with Gasteiger partial charge in [-0.15, -0.1) is 0 Å². The Morgan fingerprint density at radius 1 is 1.31 bits per heavy atom. The molecule has 0 aromatic heterocycles. The van der Waals surface area contributed by atoms with Crippen molar-refractivity contribution < 1.29 is 14.3 Å². The molecule has 16 heavy (non-hydrogen) atoms. The van der Waals surface area contributed by atoms with E-state index in [1.54, 1.807) is 0 Å². The summed E-state index contributed by atoms with van der Waals surface area (Å²) in [6, 6.07) is 0.236. The maximum absolute atomic E-state index is 11.5. The Labute approximate surface area is 96.9 Å². The minimum absolute atomic E-state index is 0.0671. The van der Waals surface area contributed by atoms with Gasteiger partial charge in [-0.3, -0.25) is 9.69 Å². The number of ether oxygens (including phenoxy) is 2. The van der Waals surface area contributed by atoms with Gasteiger partial charge in [0.1, 0.15) is 0 Å². The second kappa shape index (κ2) is 4.72. The topological polar surface area (TPSA) is 38.8 Å². The first-order valence-corrected chi connectivity index (χ1v) is 6.09. The van der Waals surface area contributed by atoms with Crippen LogP contribution in [0.1, 0.15) is 26.7 Å². The van der Waals surface area contributed by atoms with E-state index < -0.39 is 0 Å². The molecule has 4 atom stereocenters. The van der Waals surface area contributed by atoms with Crippen LogP contribution < -0.4 is 0 Å². The van der Waals surface area contributed by atoms with Crippen molar-refractivity contribution in [1.29, 1.82) is 0 Å². The van der Waals surface area contributed by atoms with E-state index in [-0.39, 0.29) is 17.9 Å². The van der Waals surface area contributed by atoms with Crippen LogP contribution >= 0.6 is 0 Å². The number of hydrogen-bond donors (Lipinski definition) is 0. The Bertz CT molecular complexity index is 257. The van der Waals surface area contributed by atoms with Crippen LogP contribution in [0.25, 0.3) is 0 Å². The highest BCUT2D eigenvalue weighted by molar-refractivity contribution is 5.72. The number of nitrogens with zero attached hydrogens (tertiary/aromatic N) is 1. The maximum Gasteiger partial charge on any atom is 0.309 e. The molecule has 0 spiro atoms. The Morgan fingerprint density at radius 3 is 2.38 bits per heavy atom. The number of morpholine rings is 1. The normalized spacial score (nSPS) is 33.4. The predicted octanol–water partition coefficient (Wildman–Crippen LogP) is 1.05.